The van der Waals surface area contributed by atoms with Crippen molar-refractivity contribution >= 4 is 0 Å². The number of nitrogens with two attached hydrogens (primary N) is 1. The van der Waals surface area contributed by atoms with E-state index in [4.69, 9.17) is 10.5 Å². The second kappa shape index (κ2) is 5.69. The lowest BCUT2D eigenvalue weighted by molar-refractivity contribution is 0.338. The van der Waals surface area contributed by atoms with Gasteiger partial charge < -0.3 is 15.5 Å². The van der Waals surface area contributed by atoms with Gasteiger partial charge in [-0.3, -0.25) is 0 Å². The average Bonchev–Trinajstić information content (AvgIpc) is 2.81. The van der Waals surface area contributed by atoms with Crippen LogP contribution in [0.2, 0.25) is 0 Å². The zero-order valence-corrected chi connectivity index (χ0v) is 10.9. The predicted octanol–water partition coefficient (Wildman–Crippen LogP) is 2.29. The van der Waals surface area contributed by atoms with Gasteiger partial charge in [-0.2, -0.15) is 0 Å². The first-order valence-corrected chi connectivity index (χ1v) is 6.22. The predicted molar refractivity (Wildman–Crippen MR) is 72.7 cm³/mol. The third-order valence-electron chi connectivity index (χ3n) is 2.86. The number of aryl methyl sites for hydroxylation is 1. The van der Waals surface area contributed by atoms with Crippen LogP contribution in [0.15, 0.2) is 24.5 Å². The summed E-state index contributed by atoms with van der Waals surface area (Å²) < 4.78 is 5.54. The van der Waals surface area contributed by atoms with Crippen LogP contribution in [0.1, 0.15) is 18.2 Å². The molecule has 0 aliphatic carbocycles. The fourth-order valence-corrected chi connectivity index (χ4v) is 2.02. The summed E-state index contributed by atoms with van der Waals surface area (Å²) in [5, 5.41) is 0. The highest BCUT2D eigenvalue weighted by Gasteiger charge is 2.09. The highest BCUT2D eigenvalue weighted by molar-refractivity contribution is 5.64. The molecule has 3 N–H and O–H groups in total. The fourth-order valence-electron chi connectivity index (χ4n) is 2.02. The van der Waals surface area contributed by atoms with E-state index in [1.165, 1.54) is 0 Å². The van der Waals surface area contributed by atoms with Gasteiger partial charge in [0, 0.05) is 17.7 Å². The van der Waals surface area contributed by atoms with Gasteiger partial charge in [0.05, 0.1) is 18.6 Å². The molecule has 0 atom stereocenters. The molecule has 18 heavy (non-hydrogen) atoms. The monoisotopic (exact) mass is 245 g/mol. The summed E-state index contributed by atoms with van der Waals surface area (Å²) in [7, 11) is 0. The molecule has 0 fully saturated rings. The van der Waals surface area contributed by atoms with Crippen molar-refractivity contribution in [1.29, 1.82) is 0 Å². The van der Waals surface area contributed by atoms with Crippen LogP contribution in [0, 0.1) is 6.92 Å². The summed E-state index contributed by atoms with van der Waals surface area (Å²) in [5.74, 6) is 0.928. The van der Waals surface area contributed by atoms with Crippen molar-refractivity contribution in [2.45, 2.75) is 20.3 Å². The number of hydrogen-bond acceptors (Lipinski definition) is 3. The number of benzene rings is 1. The number of nitrogens with zero attached hydrogens (tertiary/aromatic N) is 1. The van der Waals surface area contributed by atoms with E-state index in [0.717, 1.165) is 34.7 Å². The van der Waals surface area contributed by atoms with Crippen molar-refractivity contribution in [1.82, 2.24) is 9.97 Å². The van der Waals surface area contributed by atoms with Crippen LogP contribution >= 0.6 is 0 Å². The van der Waals surface area contributed by atoms with E-state index < -0.39 is 0 Å². The van der Waals surface area contributed by atoms with E-state index in [2.05, 4.69) is 16.0 Å². The molecule has 1 aromatic heterocycles. The molecule has 1 heterocycles. The lowest BCUT2D eigenvalue weighted by Crippen LogP contribution is -2.04. The summed E-state index contributed by atoms with van der Waals surface area (Å²) in [6.45, 7) is 5.33. The van der Waals surface area contributed by atoms with Crippen molar-refractivity contribution in [3.8, 4) is 17.0 Å². The largest absolute Gasteiger partial charge is 0.494 e. The van der Waals surface area contributed by atoms with E-state index in [-0.39, 0.29) is 0 Å². The van der Waals surface area contributed by atoms with Gasteiger partial charge in [0.25, 0.3) is 0 Å². The molecule has 0 aliphatic rings. The van der Waals surface area contributed by atoms with Crippen molar-refractivity contribution < 1.29 is 4.74 Å². The van der Waals surface area contributed by atoms with Crippen LogP contribution < -0.4 is 10.5 Å². The zero-order chi connectivity index (χ0) is 13.0. The minimum atomic E-state index is 0.616. The molecule has 0 radical (unpaired) electrons. The first-order chi connectivity index (χ1) is 8.76. The van der Waals surface area contributed by atoms with Gasteiger partial charge >= 0.3 is 0 Å². The van der Waals surface area contributed by atoms with Crippen LogP contribution in [0.25, 0.3) is 11.3 Å². The first-order valence-electron chi connectivity index (χ1n) is 6.22. The second-order valence-corrected chi connectivity index (χ2v) is 4.18. The Balaban J connectivity index is 2.33. The minimum absolute atomic E-state index is 0.616. The van der Waals surface area contributed by atoms with Crippen LogP contribution in [-0.4, -0.2) is 23.1 Å². The van der Waals surface area contributed by atoms with Crippen molar-refractivity contribution in [2.75, 3.05) is 13.2 Å². The summed E-state index contributed by atoms with van der Waals surface area (Å²) in [6, 6.07) is 6.13. The van der Waals surface area contributed by atoms with E-state index >= 15 is 0 Å². The summed E-state index contributed by atoms with van der Waals surface area (Å²) in [4.78, 5) is 7.51. The van der Waals surface area contributed by atoms with Crippen LogP contribution in [0.3, 0.4) is 0 Å². The van der Waals surface area contributed by atoms with E-state index in [0.29, 0.717) is 13.2 Å². The number of aromatic amines is 1. The Hall–Kier alpha value is -1.81. The van der Waals surface area contributed by atoms with Crippen molar-refractivity contribution in [2.24, 2.45) is 5.73 Å². The Morgan fingerprint density at radius 3 is 2.89 bits per heavy atom. The Morgan fingerprint density at radius 2 is 2.22 bits per heavy atom. The molecule has 0 aliphatic heterocycles. The van der Waals surface area contributed by atoms with Crippen molar-refractivity contribution in [3.63, 3.8) is 0 Å². The molecular formula is C14H19N3O. The number of rotatable bonds is 5. The van der Waals surface area contributed by atoms with Gasteiger partial charge in [0.2, 0.25) is 0 Å². The highest BCUT2D eigenvalue weighted by atomic mass is 16.5. The number of aromatic nitrogens is 2. The summed E-state index contributed by atoms with van der Waals surface area (Å²) in [5.41, 5.74) is 9.87. The number of nitrogens with one attached hydrogen (secondary N) is 1. The topological polar surface area (TPSA) is 63.9 Å². The number of imidazole rings is 1. The van der Waals surface area contributed by atoms with E-state index in [1.807, 2.05) is 26.0 Å². The second-order valence-electron chi connectivity index (χ2n) is 4.18. The van der Waals surface area contributed by atoms with Gasteiger partial charge in [-0.05, 0) is 44.2 Å². The third kappa shape index (κ3) is 2.54. The molecule has 4 heteroatoms. The average molecular weight is 245 g/mol. The first kappa shape index (κ1) is 12.6. The molecule has 96 valence electrons. The smallest absolute Gasteiger partial charge is 0.122 e. The molecule has 0 amide bonds. The summed E-state index contributed by atoms with van der Waals surface area (Å²) >= 11 is 0. The Labute approximate surface area is 107 Å². The molecule has 0 spiro atoms. The number of hydrogen-bond donors (Lipinski definition) is 2. The molecule has 0 bridgehead atoms. The Morgan fingerprint density at radius 1 is 1.39 bits per heavy atom. The van der Waals surface area contributed by atoms with Crippen LogP contribution in [-0.2, 0) is 6.42 Å². The normalized spacial score (nSPS) is 10.6. The van der Waals surface area contributed by atoms with Crippen LogP contribution in [0.4, 0.5) is 0 Å². The Bertz CT molecular complexity index is 520. The van der Waals surface area contributed by atoms with E-state index in [9.17, 15) is 0 Å². The molecule has 0 saturated carbocycles. The molecule has 1 aromatic carbocycles. The Kier molecular flexibility index (Phi) is 3.99. The lowest BCUT2D eigenvalue weighted by atomic mass is 10.1. The van der Waals surface area contributed by atoms with Gasteiger partial charge in [0.15, 0.2) is 0 Å². The number of ether oxygens (including phenoxy) is 1. The van der Waals surface area contributed by atoms with Gasteiger partial charge in [0.1, 0.15) is 5.75 Å². The molecule has 0 saturated heterocycles. The molecule has 4 nitrogen and oxygen atoms in total. The maximum absolute atomic E-state index is 5.59. The maximum Gasteiger partial charge on any atom is 0.122 e. The van der Waals surface area contributed by atoms with Gasteiger partial charge in [-0.15, -0.1) is 0 Å². The fraction of sp³-hybridized carbons (Fsp3) is 0.357. The van der Waals surface area contributed by atoms with Crippen LogP contribution in [0.5, 0.6) is 5.75 Å². The summed E-state index contributed by atoms with van der Waals surface area (Å²) in [6.07, 6.45) is 2.52. The third-order valence-corrected chi connectivity index (χ3v) is 2.86. The minimum Gasteiger partial charge on any atom is -0.494 e. The molecule has 0 unspecified atom stereocenters. The standard InChI is InChI=1S/C14H19N3O/c1-3-18-13-5-4-11(8-10(13)2)14-12(6-7-15)16-9-17-14/h4-5,8-9H,3,6-7,15H2,1-2H3,(H,16,17). The molecule has 2 rings (SSSR count). The number of H-pyrrole nitrogens is 1. The quantitative estimate of drug-likeness (QED) is 0.849. The SMILES string of the molecule is CCOc1ccc(-c2nc[nH]c2CCN)cc1C. The molecule has 2 aromatic rings. The van der Waals surface area contributed by atoms with Gasteiger partial charge in [-0.25, -0.2) is 4.98 Å². The highest BCUT2D eigenvalue weighted by Crippen LogP contribution is 2.26. The maximum atomic E-state index is 5.59. The van der Waals surface area contributed by atoms with E-state index in [1.54, 1.807) is 6.33 Å². The van der Waals surface area contributed by atoms with Crippen molar-refractivity contribution in [3.05, 3.63) is 35.8 Å². The zero-order valence-electron chi connectivity index (χ0n) is 10.9. The molecular weight excluding hydrogens is 226 g/mol. The van der Waals surface area contributed by atoms with Gasteiger partial charge in [-0.1, -0.05) is 0 Å². The lowest BCUT2D eigenvalue weighted by Gasteiger charge is -2.09.